The lowest BCUT2D eigenvalue weighted by Crippen LogP contribution is -2.38. The molecule has 0 aromatic carbocycles. The quantitative estimate of drug-likeness (QED) is 0.790. The van der Waals surface area contributed by atoms with Crippen LogP contribution in [-0.4, -0.2) is 29.8 Å². The van der Waals surface area contributed by atoms with Gasteiger partial charge in [0.2, 0.25) is 0 Å². The van der Waals surface area contributed by atoms with Crippen LogP contribution in [0, 0.1) is 5.92 Å². The Morgan fingerprint density at radius 2 is 2.44 bits per heavy atom. The van der Waals surface area contributed by atoms with Crippen molar-refractivity contribution in [2.45, 2.75) is 19.4 Å². The van der Waals surface area contributed by atoms with Crippen molar-refractivity contribution in [1.82, 2.24) is 4.98 Å². The van der Waals surface area contributed by atoms with Crippen LogP contribution in [0.1, 0.15) is 18.4 Å². The molecule has 0 saturated carbocycles. The Morgan fingerprint density at radius 3 is 3.19 bits per heavy atom. The monoisotopic (exact) mass is 221 g/mol. The van der Waals surface area contributed by atoms with Crippen molar-refractivity contribution >= 4 is 5.82 Å². The zero-order chi connectivity index (χ0) is 11.4. The van der Waals surface area contributed by atoms with Gasteiger partial charge in [-0.1, -0.05) is 6.07 Å². The molecule has 1 aromatic heterocycles. The Balaban J connectivity index is 2.16. The van der Waals surface area contributed by atoms with E-state index in [1.165, 1.54) is 0 Å². The topological polar surface area (TPSA) is 62.4 Å². The van der Waals surface area contributed by atoms with Crippen molar-refractivity contribution in [2.75, 3.05) is 24.6 Å². The number of piperidine rings is 1. The third-order valence-corrected chi connectivity index (χ3v) is 3.16. The molecular formula is C12H19N3O. The highest BCUT2D eigenvalue weighted by atomic mass is 16.3. The van der Waals surface area contributed by atoms with Crippen molar-refractivity contribution in [3.8, 4) is 0 Å². The number of aliphatic hydroxyl groups excluding tert-OH is 1. The number of rotatable bonds is 3. The molecule has 1 aliphatic rings. The molecule has 1 atom stereocenters. The summed E-state index contributed by atoms with van der Waals surface area (Å²) in [6.45, 7) is 2.69. The summed E-state index contributed by atoms with van der Waals surface area (Å²) >= 11 is 0. The number of nitrogens with two attached hydrogens (primary N) is 1. The summed E-state index contributed by atoms with van der Waals surface area (Å²) in [7, 11) is 0. The molecule has 0 amide bonds. The molecule has 4 nitrogen and oxygen atoms in total. The first-order valence-corrected chi connectivity index (χ1v) is 5.85. The van der Waals surface area contributed by atoms with E-state index in [4.69, 9.17) is 5.73 Å². The summed E-state index contributed by atoms with van der Waals surface area (Å²) in [5.74, 6) is 1.37. The van der Waals surface area contributed by atoms with Gasteiger partial charge in [0.25, 0.3) is 0 Å². The highest BCUT2D eigenvalue weighted by molar-refractivity contribution is 5.47. The van der Waals surface area contributed by atoms with E-state index in [2.05, 4.69) is 9.88 Å². The Labute approximate surface area is 96.1 Å². The second-order valence-corrected chi connectivity index (χ2v) is 4.33. The van der Waals surface area contributed by atoms with Gasteiger partial charge in [-0.15, -0.1) is 0 Å². The zero-order valence-electron chi connectivity index (χ0n) is 9.47. The Morgan fingerprint density at radius 1 is 1.56 bits per heavy atom. The van der Waals surface area contributed by atoms with E-state index in [1.807, 2.05) is 12.1 Å². The molecule has 88 valence electrons. The van der Waals surface area contributed by atoms with E-state index in [0.717, 1.165) is 37.3 Å². The second-order valence-electron chi connectivity index (χ2n) is 4.33. The summed E-state index contributed by atoms with van der Waals surface area (Å²) in [4.78, 5) is 6.65. The Hall–Kier alpha value is -1.13. The minimum absolute atomic E-state index is 0.265. The molecule has 16 heavy (non-hydrogen) atoms. The van der Waals surface area contributed by atoms with Gasteiger partial charge < -0.3 is 15.7 Å². The van der Waals surface area contributed by atoms with Gasteiger partial charge in [0.05, 0.1) is 0 Å². The smallest absolute Gasteiger partial charge is 0.133 e. The number of hydrogen-bond donors (Lipinski definition) is 2. The summed E-state index contributed by atoms with van der Waals surface area (Å²) in [6, 6.07) is 3.93. The maximum absolute atomic E-state index is 9.21. The van der Waals surface area contributed by atoms with E-state index < -0.39 is 0 Å². The number of pyridine rings is 1. The Bertz CT molecular complexity index is 343. The predicted octanol–water partition coefficient (Wildman–Crippen LogP) is 0.749. The lowest BCUT2D eigenvalue weighted by molar-refractivity contribution is 0.208. The molecular weight excluding hydrogens is 202 g/mol. The van der Waals surface area contributed by atoms with Gasteiger partial charge in [-0.2, -0.15) is 0 Å². The lowest BCUT2D eigenvalue weighted by Gasteiger charge is -2.33. The molecule has 0 aliphatic carbocycles. The van der Waals surface area contributed by atoms with E-state index in [1.54, 1.807) is 6.20 Å². The number of aromatic nitrogens is 1. The number of aliphatic hydroxyl groups is 1. The molecule has 0 spiro atoms. The van der Waals surface area contributed by atoms with Crippen LogP contribution in [0.4, 0.5) is 5.82 Å². The predicted molar refractivity (Wildman–Crippen MR) is 64.2 cm³/mol. The van der Waals surface area contributed by atoms with Crippen molar-refractivity contribution < 1.29 is 5.11 Å². The minimum atomic E-state index is 0.265. The van der Waals surface area contributed by atoms with Crippen molar-refractivity contribution in [2.24, 2.45) is 11.7 Å². The maximum Gasteiger partial charge on any atom is 0.133 e. The first-order valence-electron chi connectivity index (χ1n) is 5.85. The van der Waals surface area contributed by atoms with Gasteiger partial charge in [0.1, 0.15) is 5.82 Å². The molecule has 1 saturated heterocycles. The van der Waals surface area contributed by atoms with Crippen molar-refractivity contribution in [1.29, 1.82) is 0 Å². The van der Waals surface area contributed by atoms with Crippen LogP contribution in [0.5, 0.6) is 0 Å². The molecule has 1 aliphatic heterocycles. The van der Waals surface area contributed by atoms with Crippen LogP contribution >= 0.6 is 0 Å². The molecule has 0 radical (unpaired) electrons. The minimum Gasteiger partial charge on any atom is -0.396 e. The van der Waals surface area contributed by atoms with Crippen LogP contribution in [0.2, 0.25) is 0 Å². The third kappa shape index (κ3) is 2.33. The summed E-state index contributed by atoms with van der Waals surface area (Å²) in [6.07, 6.45) is 4.03. The molecule has 3 N–H and O–H groups in total. The molecule has 1 unspecified atom stereocenters. The fraction of sp³-hybridized carbons (Fsp3) is 0.583. The fourth-order valence-electron chi connectivity index (χ4n) is 2.28. The first-order chi connectivity index (χ1) is 7.85. The van der Waals surface area contributed by atoms with E-state index in [0.29, 0.717) is 12.5 Å². The molecule has 2 rings (SSSR count). The summed E-state index contributed by atoms with van der Waals surface area (Å²) in [5, 5.41) is 9.21. The third-order valence-electron chi connectivity index (χ3n) is 3.16. The van der Waals surface area contributed by atoms with Crippen molar-refractivity contribution in [3.63, 3.8) is 0 Å². The normalized spacial score (nSPS) is 21.1. The number of anilines is 1. The zero-order valence-corrected chi connectivity index (χ0v) is 9.47. The lowest BCUT2D eigenvalue weighted by atomic mass is 9.98. The molecule has 1 aromatic rings. The van der Waals surface area contributed by atoms with Gasteiger partial charge in [0.15, 0.2) is 0 Å². The second kappa shape index (κ2) is 5.27. The number of hydrogen-bond acceptors (Lipinski definition) is 4. The van der Waals surface area contributed by atoms with Crippen LogP contribution < -0.4 is 10.6 Å². The maximum atomic E-state index is 9.21. The summed E-state index contributed by atoms with van der Waals surface area (Å²) in [5.41, 5.74) is 6.79. The Kier molecular flexibility index (Phi) is 3.74. The van der Waals surface area contributed by atoms with Crippen LogP contribution in [0.25, 0.3) is 0 Å². The molecule has 2 heterocycles. The molecule has 0 bridgehead atoms. The van der Waals surface area contributed by atoms with Crippen LogP contribution in [0.3, 0.4) is 0 Å². The van der Waals surface area contributed by atoms with E-state index >= 15 is 0 Å². The van der Waals surface area contributed by atoms with Gasteiger partial charge in [-0.3, -0.25) is 0 Å². The SMILES string of the molecule is NCc1cccnc1N1CCCC(CO)C1. The van der Waals surface area contributed by atoms with Gasteiger partial charge in [-0.05, 0) is 24.8 Å². The largest absolute Gasteiger partial charge is 0.396 e. The van der Waals surface area contributed by atoms with E-state index in [-0.39, 0.29) is 6.61 Å². The van der Waals surface area contributed by atoms with Crippen molar-refractivity contribution in [3.05, 3.63) is 23.9 Å². The highest BCUT2D eigenvalue weighted by Crippen LogP contribution is 2.23. The van der Waals surface area contributed by atoms with Crippen LogP contribution in [0.15, 0.2) is 18.3 Å². The van der Waals surface area contributed by atoms with E-state index in [9.17, 15) is 5.11 Å². The number of nitrogens with zero attached hydrogens (tertiary/aromatic N) is 2. The molecule has 4 heteroatoms. The van der Waals surface area contributed by atoms with Gasteiger partial charge >= 0.3 is 0 Å². The van der Waals surface area contributed by atoms with Gasteiger partial charge in [-0.25, -0.2) is 4.98 Å². The van der Waals surface area contributed by atoms with Crippen LogP contribution in [-0.2, 0) is 6.54 Å². The standard InChI is InChI=1S/C12H19N3O/c13-7-11-4-1-5-14-12(11)15-6-2-3-10(8-15)9-16/h1,4-5,10,16H,2-3,6-9,13H2. The highest BCUT2D eigenvalue weighted by Gasteiger charge is 2.21. The summed E-state index contributed by atoms with van der Waals surface area (Å²) < 4.78 is 0. The average molecular weight is 221 g/mol. The average Bonchev–Trinajstić information content (AvgIpc) is 2.38. The first kappa shape index (κ1) is 11.4. The fourth-order valence-corrected chi connectivity index (χ4v) is 2.28. The molecule has 1 fully saturated rings. The van der Waals surface area contributed by atoms with Gasteiger partial charge in [0, 0.05) is 38.0 Å².